The number of thiophene rings is 1. The van der Waals surface area contributed by atoms with Crippen molar-refractivity contribution in [1.82, 2.24) is 5.32 Å². The van der Waals surface area contributed by atoms with Crippen LogP contribution in [0.25, 0.3) is 17.2 Å². The van der Waals surface area contributed by atoms with Crippen LogP contribution < -0.4 is 16.0 Å². The number of rotatable bonds is 10. The van der Waals surface area contributed by atoms with E-state index in [1.54, 1.807) is 48.5 Å². The van der Waals surface area contributed by atoms with Crippen molar-refractivity contribution in [2.75, 3.05) is 16.4 Å². The zero-order valence-electron chi connectivity index (χ0n) is 24.2. The van der Waals surface area contributed by atoms with Gasteiger partial charge in [0.2, 0.25) is 5.91 Å². The second kappa shape index (κ2) is 14.8. The molecule has 7 nitrogen and oxygen atoms in total. The third-order valence-electron chi connectivity index (χ3n) is 6.58. The lowest BCUT2D eigenvalue weighted by Gasteiger charge is -2.12. The third kappa shape index (κ3) is 8.36. The molecule has 0 radical (unpaired) electrons. The Labute approximate surface area is 269 Å². The second-order valence-corrected chi connectivity index (χ2v) is 11.9. The van der Waals surface area contributed by atoms with Crippen molar-refractivity contribution >= 4 is 57.6 Å². The molecule has 222 valence electrons. The highest BCUT2D eigenvalue weighted by atomic mass is 32.2. The molecule has 3 amide bonds. The average molecular weight is 629 g/mol. The first kappa shape index (κ1) is 31.0. The molecule has 9 heteroatoms. The molecular weight excluding hydrogens is 601 g/mol. The number of nitrogens with one attached hydrogen (secondary N) is 3. The van der Waals surface area contributed by atoms with Crippen molar-refractivity contribution in [2.24, 2.45) is 0 Å². The molecule has 3 N–H and O–H groups in total. The summed E-state index contributed by atoms with van der Waals surface area (Å²) in [5.41, 5.74) is 4.94. The number of nitrogens with zero attached hydrogens (tertiary/aromatic N) is 1. The smallest absolute Gasteiger partial charge is 0.272 e. The fourth-order valence-electron chi connectivity index (χ4n) is 4.43. The minimum Gasteiger partial charge on any atom is -0.321 e. The van der Waals surface area contributed by atoms with Crippen LogP contribution in [0, 0.1) is 18.3 Å². The van der Waals surface area contributed by atoms with Crippen LogP contribution in [0.3, 0.4) is 0 Å². The predicted octanol–water partition coefficient (Wildman–Crippen LogP) is 7.74. The molecule has 5 aromatic rings. The minimum absolute atomic E-state index is 0.0889. The molecule has 1 heterocycles. The summed E-state index contributed by atoms with van der Waals surface area (Å²) >= 11 is 2.62. The van der Waals surface area contributed by atoms with Crippen molar-refractivity contribution in [3.8, 4) is 17.2 Å². The topological polar surface area (TPSA) is 111 Å². The lowest BCUT2D eigenvalue weighted by Crippen LogP contribution is -2.30. The fraction of sp³-hybridized carbons (Fsp3) is 0.0556. The van der Waals surface area contributed by atoms with Gasteiger partial charge in [0.25, 0.3) is 11.8 Å². The minimum atomic E-state index is -0.489. The Morgan fingerprint density at radius 3 is 2.33 bits per heavy atom. The Bertz CT molecular complexity index is 1910. The van der Waals surface area contributed by atoms with Gasteiger partial charge >= 0.3 is 0 Å². The highest BCUT2D eigenvalue weighted by Crippen LogP contribution is 2.35. The highest BCUT2D eigenvalue weighted by molar-refractivity contribution is 8.00. The number of anilines is 2. The van der Waals surface area contributed by atoms with Gasteiger partial charge in [-0.15, -0.1) is 23.1 Å². The Balaban J connectivity index is 1.25. The summed E-state index contributed by atoms with van der Waals surface area (Å²) in [7, 11) is 0. The van der Waals surface area contributed by atoms with E-state index in [2.05, 4.69) is 22.0 Å². The summed E-state index contributed by atoms with van der Waals surface area (Å²) in [6, 6.07) is 35.2. The van der Waals surface area contributed by atoms with Gasteiger partial charge in [-0.3, -0.25) is 14.4 Å². The Morgan fingerprint density at radius 2 is 1.60 bits per heavy atom. The monoisotopic (exact) mass is 628 g/mol. The predicted molar refractivity (Wildman–Crippen MR) is 182 cm³/mol. The van der Waals surface area contributed by atoms with E-state index in [-0.39, 0.29) is 17.4 Å². The van der Waals surface area contributed by atoms with E-state index in [0.29, 0.717) is 21.8 Å². The molecule has 0 atom stereocenters. The number of amides is 3. The van der Waals surface area contributed by atoms with Gasteiger partial charge < -0.3 is 16.0 Å². The summed E-state index contributed by atoms with van der Waals surface area (Å²) in [6.45, 7) is 1.95. The van der Waals surface area contributed by atoms with Crippen LogP contribution in [0.15, 0.2) is 125 Å². The van der Waals surface area contributed by atoms with E-state index < -0.39 is 11.8 Å². The summed E-state index contributed by atoms with van der Waals surface area (Å²) < 4.78 is 0. The fourth-order valence-corrected chi connectivity index (χ4v) is 6.12. The summed E-state index contributed by atoms with van der Waals surface area (Å²) in [4.78, 5) is 39.9. The highest BCUT2D eigenvalue weighted by Gasteiger charge is 2.17. The summed E-state index contributed by atoms with van der Waals surface area (Å²) in [5.74, 6) is -1.04. The average Bonchev–Trinajstić information content (AvgIpc) is 3.46. The quantitative estimate of drug-likeness (QED) is 0.108. The molecule has 0 bridgehead atoms. The maximum atomic E-state index is 13.4. The van der Waals surface area contributed by atoms with E-state index in [4.69, 9.17) is 0 Å². The molecule has 0 unspecified atom stereocenters. The number of thioether (sulfide) groups is 1. The lowest BCUT2D eigenvalue weighted by molar-refractivity contribution is -0.114. The number of aryl methyl sites for hydroxylation is 1. The first-order valence-electron chi connectivity index (χ1n) is 14.0. The largest absolute Gasteiger partial charge is 0.321 e. The van der Waals surface area contributed by atoms with Gasteiger partial charge in [-0.25, -0.2) is 0 Å². The molecule has 0 spiro atoms. The zero-order valence-corrected chi connectivity index (χ0v) is 25.9. The summed E-state index contributed by atoms with van der Waals surface area (Å²) in [5, 5.41) is 20.6. The number of nitriles is 1. The van der Waals surface area contributed by atoms with Crippen LogP contribution in [0.1, 0.15) is 27.0 Å². The van der Waals surface area contributed by atoms with Crippen LogP contribution in [-0.2, 0) is 9.59 Å². The maximum absolute atomic E-state index is 13.4. The molecule has 1 aromatic heterocycles. The van der Waals surface area contributed by atoms with E-state index in [9.17, 15) is 19.6 Å². The number of carbonyl (C=O) groups is 3. The van der Waals surface area contributed by atoms with E-state index in [1.165, 1.54) is 23.1 Å². The standard InChI is InChI=1S/C36H28N4O3S2/c1-24-10-8-11-25(18-24)19-32(39-34(42)27-14-6-3-7-15-27)35(43)38-28-16-9-17-29(20-28)44-23-33(41)40-36-30(21-37)31(22-45-36)26-12-4-2-5-13-26/h2-20,22H,23H2,1H3,(H,38,43)(H,39,42)(H,40,41)/b32-19+. The number of carbonyl (C=O) groups excluding carboxylic acids is 3. The van der Waals surface area contributed by atoms with Gasteiger partial charge in [-0.1, -0.05) is 84.4 Å². The first-order valence-corrected chi connectivity index (χ1v) is 15.8. The molecule has 4 aromatic carbocycles. The molecule has 0 aliphatic heterocycles. The molecule has 0 fully saturated rings. The lowest BCUT2D eigenvalue weighted by atomic mass is 10.1. The normalized spacial score (nSPS) is 10.9. The van der Waals surface area contributed by atoms with Crippen LogP contribution in [0.5, 0.6) is 0 Å². The Kier molecular flexibility index (Phi) is 10.2. The SMILES string of the molecule is Cc1cccc(/C=C(/NC(=O)c2ccccc2)C(=O)Nc2cccc(SCC(=O)Nc3scc(-c4ccccc4)c3C#N)c2)c1. The van der Waals surface area contributed by atoms with Crippen molar-refractivity contribution in [2.45, 2.75) is 11.8 Å². The molecular formula is C36H28N4O3S2. The van der Waals surface area contributed by atoms with Gasteiger partial charge in [-0.05, 0) is 54.5 Å². The third-order valence-corrected chi connectivity index (χ3v) is 8.47. The van der Waals surface area contributed by atoms with Crippen LogP contribution in [-0.4, -0.2) is 23.5 Å². The van der Waals surface area contributed by atoms with Gasteiger partial charge in [0.15, 0.2) is 0 Å². The van der Waals surface area contributed by atoms with Crippen molar-refractivity contribution < 1.29 is 14.4 Å². The Morgan fingerprint density at radius 1 is 0.867 bits per heavy atom. The molecule has 0 aliphatic carbocycles. The van der Waals surface area contributed by atoms with Crippen molar-refractivity contribution in [3.63, 3.8) is 0 Å². The van der Waals surface area contributed by atoms with E-state index in [1.807, 2.05) is 79.0 Å². The molecule has 0 saturated carbocycles. The van der Waals surface area contributed by atoms with Crippen LogP contribution >= 0.6 is 23.1 Å². The van der Waals surface area contributed by atoms with Gasteiger partial charge in [0.1, 0.15) is 16.8 Å². The zero-order chi connectivity index (χ0) is 31.6. The van der Waals surface area contributed by atoms with Gasteiger partial charge in [-0.2, -0.15) is 5.26 Å². The molecule has 5 rings (SSSR count). The molecule has 0 aliphatic rings. The van der Waals surface area contributed by atoms with Crippen molar-refractivity contribution in [3.05, 3.63) is 143 Å². The molecule has 45 heavy (non-hydrogen) atoms. The van der Waals surface area contributed by atoms with Gasteiger partial charge in [0, 0.05) is 27.1 Å². The van der Waals surface area contributed by atoms with Gasteiger partial charge in [0.05, 0.1) is 11.3 Å². The number of hydrogen-bond donors (Lipinski definition) is 3. The van der Waals surface area contributed by atoms with Crippen LogP contribution in [0.4, 0.5) is 10.7 Å². The van der Waals surface area contributed by atoms with Crippen molar-refractivity contribution in [1.29, 1.82) is 5.26 Å². The number of benzene rings is 4. The maximum Gasteiger partial charge on any atom is 0.272 e. The number of hydrogen-bond acceptors (Lipinski definition) is 6. The second-order valence-electron chi connectivity index (χ2n) is 9.94. The summed E-state index contributed by atoms with van der Waals surface area (Å²) in [6.07, 6.45) is 1.63. The Hall–Kier alpha value is -5.43. The first-order chi connectivity index (χ1) is 21.9. The van der Waals surface area contributed by atoms with Crippen LogP contribution in [0.2, 0.25) is 0 Å². The molecule has 0 saturated heterocycles. The van der Waals surface area contributed by atoms with E-state index in [0.717, 1.165) is 27.1 Å². The van der Waals surface area contributed by atoms with E-state index >= 15 is 0 Å².